The maximum atomic E-state index is 4.04. The van der Waals surface area contributed by atoms with E-state index in [1.807, 2.05) is 0 Å². The average Bonchev–Trinajstić information content (AvgIpc) is 1.69. The van der Waals surface area contributed by atoms with E-state index >= 15 is 0 Å². The van der Waals surface area contributed by atoms with Gasteiger partial charge >= 0.3 is 0 Å². The normalized spacial score (nSPS) is 6.00. The Labute approximate surface area is 52.4 Å². The predicted octanol–water partition coefficient (Wildman–Crippen LogP) is -0.298. The van der Waals surface area contributed by atoms with Crippen molar-refractivity contribution in [2.45, 2.75) is 0 Å². The number of hydrogen-bond donors (Lipinski definition) is 0. The summed E-state index contributed by atoms with van der Waals surface area (Å²) < 4.78 is 0. The van der Waals surface area contributed by atoms with Crippen molar-refractivity contribution in [2.75, 3.05) is 0 Å². The minimum Gasteiger partial charge on any atom is -0.308 e. The van der Waals surface area contributed by atoms with E-state index in [9.17, 15) is 0 Å². The zero-order chi connectivity index (χ0) is 5.54. The van der Waals surface area contributed by atoms with Crippen LogP contribution in [0.25, 0.3) is 0 Å². The van der Waals surface area contributed by atoms with Crippen LogP contribution in [0.15, 0.2) is 25.7 Å². The summed E-state index contributed by atoms with van der Waals surface area (Å²) >= 11 is 0. The van der Waals surface area contributed by atoms with Crippen LogP contribution >= 0.6 is 0 Å². The van der Waals surface area contributed by atoms with Gasteiger partial charge in [0, 0.05) is 5.04 Å². The highest BCUT2D eigenvalue weighted by Gasteiger charge is 1.69. The summed E-state index contributed by atoms with van der Waals surface area (Å²) in [4.78, 5) is 8.09. The predicted molar refractivity (Wildman–Crippen MR) is 35.0 cm³/mol. The Morgan fingerprint density at radius 2 is 1.38 bits per heavy atom. The van der Waals surface area contributed by atoms with E-state index in [2.05, 4.69) is 28.0 Å². The minimum atomic E-state index is 0. The SMILES string of the molecule is C=COOOC=C.[SiH4]. The van der Waals surface area contributed by atoms with Crippen molar-refractivity contribution in [1.29, 1.82) is 0 Å². The fourth-order valence-electron chi connectivity index (χ4n) is 0.0782. The van der Waals surface area contributed by atoms with Crippen molar-refractivity contribution in [3.8, 4) is 0 Å². The molecule has 0 amide bonds. The Hall–Kier alpha value is -0.743. The van der Waals surface area contributed by atoms with Crippen LogP contribution in [-0.2, 0) is 14.8 Å². The molecule has 0 saturated heterocycles. The Bertz CT molecular complexity index is 56.3. The second-order valence-corrected chi connectivity index (χ2v) is 0.594. The summed E-state index contributed by atoms with van der Waals surface area (Å²) in [6, 6.07) is 0. The number of rotatable bonds is 4. The first-order valence-corrected chi connectivity index (χ1v) is 1.62. The molecule has 0 aromatic carbocycles. The van der Waals surface area contributed by atoms with Crippen molar-refractivity contribution < 1.29 is 14.8 Å². The third kappa shape index (κ3) is 8.98. The van der Waals surface area contributed by atoms with E-state index in [4.69, 9.17) is 0 Å². The van der Waals surface area contributed by atoms with E-state index in [-0.39, 0.29) is 11.0 Å². The largest absolute Gasteiger partial charge is 0.308 e. The standard InChI is InChI=1S/C4H6O3.H4Si/c1-3-5-7-6-4-2;/h3-4H,1-2H2;1H4. The summed E-state index contributed by atoms with van der Waals surface area (Å²) in [7, 11) is 0. The van der Waals surface area contributed by atoms with E-state index in [1.54, 1.807) is 0 Å². The third-order valence-corrected chi connectivity index (χ3v) is 0.215. The summed E-state index contributed by atoms with van der Waals surface area (Å²) in [6.07, 6.45) is 2.17. The highest BCUT2D eigenvalue weighted by atomic mass is 28.1. The molecule has 0 atom stereocenters. The first-order valence-electron chi connectivity index (χ1n) is 1.62. The van der Waals surface area contributed by atoms with Gasteiger partial charge in [-0.05, 0) is 11.0 Å². The fourth-order valence-corrected chi connectivity index (χ4v) is 0.0782. The molecule has 8 heavy (non-hydrogen) atoms. The Morgan fingerprint density at radius 1 is 1.00 bits per heavy atom. The summed E-state index contributed by atoms with van der Waals surface area (Å²) in [5.74, 6) is 0. The number of hydrogen-bond acceptors (Lipinski definition) is 3. The van der Waals surface area contributed by atoms with Gasteiger partial charge in [-0.3, -0.25) is 0 Å². The molecular weight excluding hydrogens is 124 g/mol. The van der Waals surface area contributed by atoms with Crippen molar-refractivity contribution in [3.05, 3.63) is 25.7 Å². The molecule has 0 aliphatic rings. The van der Waals surface area contributed by atoms with Crippen LogP contribution in [0.5, 0.6) is 0 Å². The lowest BCUT2D eigenvalue weighted by Gasteiger charge is -1.90. The van der Waals surface area contributed by atoms with E-state index < -0.39 is 0 Å². The maximum absolute atomic E-state index is 4.04. The van der Waals surface area contributed by atoms with Gasteiger partial charge in [-0.15, -0.1) is 0 Å². The van der Waals surface area contributed by atoms with Crippen LogP contribution in [0, 0.1) is 0 Å². The van der Waals surface area contributed by atoms with Crippen LogP contribution in [0.4, 0.5) is 0 Å². The molecule has 0 spiro atoms. The van der Waals surface area contributed by atoms with Gasteiger partial charge in [-0.25, -0.2) is 0 Å². The molecule has 0 bridgehead atoms. The molecular formula is C4H10O3Si. The van der Waals surface area contributed by atoms with Gasteiger partial charge in [0.2, 0.25) is 0 Å². The second kappa shape index (κ2) is 9.54. The molecule has 4 heteroatoms. The lowest BCUT2D eigenvalue weighted by Crippen LogP contribution is -1.80. The van der Waals surface area contributed by atoms with Crippen LogP contribution in [0.1, 0.15) is 0 Å². The van der Waals surface area contributed by atoms with Crippen LogP contribution < -0.4 is 0 Å². The molecule has 0 aromatic heterocycles. The molecule has 0 aromatic rings. The molecule has 0 N–H and O–H groups in total. The van der Waals surface area contributed by atoms with Gasteiger partial charge in [-0.1, -0.05) is 13.2 Å². The van der Waals surface area contributed by atoms with Gasteiger partial charge in [0.05, 0.1) is 0 Å². The molecule has 0 saturated carbocycles. The van der Waals surface area contributed by atoms with Gasteiger partial charge in [0.25, 0.3) is 0 Å². The van der Waals surface area contributed by atoms with Crippen molar-refractivity contribution in [1.82, 2.24) is 0 Å². The molecule has 0 rings (SSSR count). The highest BCUT2D eigenvalue weighted by Crippen LogP contribution is 1.78. The van der Waals surface area contributed by atoms with Gasteiger partial charge in [0.1, 0.15) is 12.5 Å². The molecule has 0 radical (unpaired) electrons. The molecule has 0 fully saturated rings. The molecule has 0 aliphatic heterocycles. The summed E-state index contributed by atoms with van der Waals surface area (Å²) in [6.45, 7) is 6.34. The Balaban J connectivity index is 0. The van der Waals surface area contributed by atoms with Gasteiger partial charge in [-0.2, -0.15) is 0 Å². The Morgan fingerprint density at radius 3 is 1.62 bits per heavy atom. The van der Waals surface area contributed by atoms with Crippen LogP contribution in [0.2, 0.25) is 0 Å². The minimum absolute atomic E-state index is 0. The molecule has 0 unspecified atom stereocenters. The molecule has 3 nitrogen and oxygen atoms in total. The zero-order valence-electron chi connectivity index (χ0n) is 3.79. The Kier molecular flexibility index (Phi) is 12.3. The maximum Gasteiger partial charge on any atom is 0.126 e. The quantitative estimate of drug-likeness (QED) is 0.174. The highest BCUT2D eigenvalue weighted by molar-refractivity contribution is 5.75. The first-order chi connectivity index (χ1) is 3.41. The fraction of sp³-hybridized carbons (Fsp3) is 0. The van der Waals surface area contributed by atoms with Crippen molar-refractivity contribution >= 4 is 11.0 Å². The van der Waals surface area contributed by atoms with Gasteiger partial charge < -0.3 is 9.78 Å². The lowest BCUT2D eigenvalue weighted by molar-refractivity contribution is -0.464. The van der Waals surface area contributed by atoms with E-state index in [1.165, 1.54) is 0 Å². The average molecular weight is 134 g/mol. The van der Waals surface area contributed by atoms with Crippen LogP contribution in [0.3, 0.4) is 0 Å². The van der Waals surface area contributed by atoms with E-state index in [0.717, 1.165) is 12.5 Å². The monoisotopic (exact) mass is 134 g/mol. The smallest absolute Gasteiger partial charge is 0.126 e. The molecule has 0 heterocycles. The van der Waals surface area contributed by atoms with Crippen LogP contribution in [-0.4, -0.2) is 11.0 Å². The van der Waals surface area contributed by atoms with E-state index in [0.29, 0.717) is 0 Å². The van der Waals surface area contributed by atoms with Gasteiger partial charge in [0.15, 0.2) is 0 Å². The second-order valence-electron chi connectivity index (χ2n) is 0.594. The molecule has 48 valence electrons. The lowest BCUT2D eigenvalue weighted by atomic mass is 11.2. The third-order valence-electron chi connectivity index (χ3n) is 0.215. The van der Waals surface area contributed by atoms with Crippen molar-refractivity contribution in [3.63, 3.8) is 0 Å². The summed E-state index contributed by atoms with van der Waals surface area (Å²) in [5.41, 5.74) is 0. The topological polar surface area (TPSA) is 27.7 Å². The summed E-state index contributed by atoms with van der Waals surface area (Å²) in [5, 5.41) is 3.90. The zero-order valence-corrected chi connectivity index (χ0v) is 3.79. The first kappa shape index (κ1) is 10.3. The van der Waals surface area contributed by atoms with Crippen molar-refractivity contribution in [2.24, 2.45) is 0 Å². The molecule has 0 aliphatic carbocycles.